The van der Waals surface area contributed by atoms with Gasteiger partial charge in [0.15, 0.2) is 11.6 Å². The molecule has 0 aliphatic heterocycles. The molecule has 0 aliphatic rings. The molecule has 1 aromatic carbocycles. The van der Waals surface area contributed by atoms with E-state index in [0.717, 1.165) is 5.69 Å². The monoisotopic (exact) mass is 257 g/mol. The molecule has 0 aliphatic carbocycles. The predicted molar refractivity (Wildman–Crippen MR) is 74.6 cm³/mol. The van der Waals surface area contributed by atoms with Gasteiger partial charge in [-0.25, -0.2) is 4.98 Å². The number of rotatable bonds is 3. The highest BCUT2D eigenvalue weighted by atomic mass is 16.3. The summed E-state index contributed by atoms with van der Waals surface area (Å²) in [5.74, 6) is -0.204. The third-order valence-electron chi connectivity index (χ3n) is 2.66. The minimum atomic E-state index is -0.306. The van der Waals surface area contributed by atoms with Crippen molar-refractivity contribution in [3.05, 3.63) is 48.2 Å². The number of nitrogens with one attached hydrogen (secondary N) is 1. The molecule has 0 saturated heterocycles. The molecule has 0 unspecified atom stereocenters. The third kappa shape index (κ3) is 3.01. The number of aromatic hydroxyl groups is 1. The molecule has 0 atom stereocenters. The van der Waals surface area contributed by atoms with E-state index in [1.54, 1.807) is 18.2 Å². The normalized spacial score (nSPS) is 10.0. The topological polar surface area (TPSA) is 65.5 Å². The molecular weight excluding hydrogens is 242 g/mol. The number of benzene rings is 1. The van der Waals surface area contributed by atoms with Gasteiger partial charge >= 0.3 is 0 Å². The highest BCUT2D eigenvalue weighted by molar-refractivity contribution is 6.04. The van der Waals surface area contributed by atoms with Gasteiger partial charge < -0.3 is 15.3 Å². The summed E-state index contributed by atoms with van der Waals surface area (Å²) < 4.78 is 0. The number of amides is 1. The molecule has 5 heteroatoms. The van der Waals surface area contributed by atoms with E-state index in [-0.39, 0.29) is 17.5 Å². The quantitative estimate of drug-likeness (QED) is 0.883. The number of carbonyl (C=O) groups is 1. The maximum atomic E-state index is 12.0. The summed E-state index contributed by atoms with van der Waals surface area (Å²) in [4.78, 5) is 17.8. The summed E-state index contributed by atoms with van der Waals surface area (Å²) in [6, 6.07) is 10.2. The maximum absolute atomic E-state index is 12.0. The number of anilines is 2. The van der Waals surface area contributed by atoms with Gasteiger partial charge in [0.25, 0.3) is 5.91 Å². The molecule has 2 rings (SSSR count). The summed E-state index contributed by atoms with van der Waals surface area (Å²) in [7, 11) is 3.86. The largest absolute Gasteiger partial charge is 0.504 e. The lowest BCUT2D eigenvalue weighted by Gasteiger charge is -2.12. The fourth-order valence-corrected chi connectivity index (χ4v) is 1.58. The molecule has 1 aromatic heterocycles. The van der Waals surface area contributed by atoms with Crippen LogP contribution in [0.4, 0.5) is 11.5 Å². The smallest absolute Gasteiger partial charge is 0.256 e. The third-order valence-corrected chi connectivity index (χ3v) is 2.66. The van der Waals surface area contributed by atoms with E-state index in [1.807, 2.05) is 31.1 Å². The van der Waals surface area contributed by atoms with Crippen molar-refractivity contribution in [3.8, 4) is 5.75 Å². The summed E-state index contributed by atoms with van der Waals surface area (Å²) in [5.41, 5.74) is 1.52. The van der Waals surface area contributed by atoms with Crippen LogP contribution < -0.4 is 10.2 Å². The van der Waals surface area contributed by atoms with Gasteiger partial charge in [0, 0.05) is 31.5 Å². The van der Waals surface area contributed by atoms with Crippen LogP contribution in [0.25, 0.3) is 0 Å². The molecule has 0 saturated carbocycles. The first-order valence-corrected chi connectivity index (χ1v) is 5.80. The van der Waals surface area contributed by atoms with E-state index >= 15 is 0 Å². The molecule has 0 fully saturated rings. The molecule has 0 bridgehead atoms. The molecule has 0 radical (unpaired) electrons. The van der Waals surface area contributed by atoms with Crippen LogP contribution in [-0.4, -0.2) is 30.1 Å². The second kappa shape index (κ2) is 5.39. The van der Waals surface area contributed by atoms with Crippen LogP contribution in [0.15, 0.2) is 42.6 Å². The van der Waals surface area contributed by atoms with Crippen molar-refractivity contribution in [2.75, 3.05) is 24.3 Å². The Morgan fingerprint density at radius 2 is 1.89 bits per heavy atom. The Morgan fingerprint density at radius 3 is 2.47 bits per heavy atom. The highest BCUT2D eigenvalue weighted by Gasteiger charge is 2.09. The van der Waals surface area contributed by atoms with Gasteiger partial charge in [-0.1, -0.05) is 0 Å². The average Bonchev–Trinajstić information content (AvgIpc) is 2.41. The molecule has 5 nitrogen and oxygen atoms in total. The molecular formula is C14H15N3O2. The Bertz CT molecular complexity index is 579. The van der Waals surface area contributed by atoms with Crippen LogP contribution in [0.2, 0.25) is 0 Å². The Balaban J connectivity index is 2.14. The first-order valence-electron chi connectivity index (χ1n) is 5.80. The van der Waals surface area contributed by atoms with E-state index in [2.05, 4.69) is 10.3 Å². The molecule has 98 valence electrons. The standard InChI is InChI=1S/C14H15N3O2/c1-17(2)11-7-5-10(6-8-11)14(19)16-13-12(18)4-3-9-15-13/h3-9,18H,1-2H3,(H,15,16,19). The molecule has 1 heterocycles. The fourth-order valence-electron chi connectivity index (χ4n) is 1.58. The highest BCUT2D eigenvalue weighted by Crippen LogP contribution is 2.19. The Labute approximate surface area is 111 Å². The fraction of sp³-hybridized carbons (Fsp3) is 0.143. The van der Waals surface area contributed by atoms with E-state index in [4.69, 9.17) is 0 Å². The summed E-state index contributed by atoms with van der Waals surface area (Å²) in [5, 5.41) is 12.1. The molecule has 19 heavy (non-hydrogen) atoms. The van der Waals surface area contributed by atoms with E-state index in [1.165, 1.54) is 12.3 Å². The van der Waals surface area contributed by atoms with Crippen molar-refractivity contribution in [2.24, 2.45) is 0 Å². The van der Waals surface area contributed by atoms with Crippen molar-refractivity contribution in [2.45, 2.75) is 0 Å². The predicted octanol–water partition coefficient (Wildman–Crippen LogP) is 2.11. The number of hydrogen-bond acceptors (Lipinski definition) is 4. The van der Waals surface area contributed by atoms with Gasteiger partial charge in [-0.15, -0.1) is 0 Å². The van der Waals surface area contributed by atoms with Crippen molar-refractivity contribution < 1.29 is 9.90 Å². The summed E-state index contributed by atoms with van der Waals surface area (Å²) >= 11 is 0. The van der Waals surface area contributed by atoms with Crippen LogP contribution in [0.3, 0.4) is 0 Å². The van der Waals surface area contributed by atoms with Crippen molar-refractivity contribution in [3.63, 3.8) is 0 Å². The Morgan fingerprint density at radius 1 is 1.21 bits per heavy atom. The SMILES string of the molecule is CN(C)c1ccc(C(=O)Nc2ncccc2O)cc1. The Hall–Kier alpha value is -2.56. The average molecular weight is 257 g/mol. The van der Waals surface area contributed by atoms with E-state index < -0.39 is 0 Å². The minimum absolute atomic E-state index is 0.0549. The number of carbonyl (C=O) groups excluding carboxylic acids is 1. The number of pyridine rings is 1. The van der Waals surface area contributed by atoms with Gasteiger partial charge in [0.2, 0.25) is 0 Å². The van der Waals surface area contributed by atoms with Crippen molar-refractivity contribution in [1.29, 1.82) is 0 Å². The van der Waals surface area contributed by atoms with Crippen molar-refractivity contribution >= 4 is 17.4 Å². The van der Waals surface area contributed by atoms with E-state index in [0.29, 0.717) is 5.56 Å². The van der Waals surface area contributed by atoms with Gasteiger partial charge in [-0.2, -0.15) is 0 Å². The van der Waals surface area contributed by atoms with Gasteiger partial charge in [0.05, 0.1) is 0 Å². The molecule has 1 amide bonds. The summed E-state index contributed by atoms with van der Waals surface area (Å²) in [6.07, 6.45) is 1.50. The zero-order valence-corrected chi connectivity index (χ0v) is 10.8. The number of aromatic nitrogens is 1. The maximum Gasteiger partial charge on any atom is 0.256 e. The number of nitrogens with zero attached hydrogens (tertiary/aromatic N) is 2. The first kappa shape index (κ1) is 12.9. The first-order chi connectivity index (χ1) is 9.08. The zero-order valence-electron chi connectivity index (χ0n) is 10.8. The lowest BCUT2D eigenvalue weighted by Crippen LogP contribution is -2.14. The molecule has 0 spiro atoms. The van der Waals surface area contributed by atoms with Crippen LogP contribution in [-0.2, 0) is 0 Å². The van der Waals surface area contributed by atoms with Crippen LogP contribution >= 0.6 is 0 Å². The second-order valence-corrected chi connectivity index (χ2v) is 4.27. The molecule has 2 aromatic rings. The van der Waals surface area contributed by atoms with Crippen LogP contribution in [0.5, 0.6) is 5.75 Å². The second-order valence-electron chi connectivity index (χ2n) is 4.27. The van der Waals surface area contributed by atoms with Gasteiger partial charge in [-0.05, 0) is 36.4 Å². The minimum Gasteiger partial charge on any atom is -0.504 e. The van der Waals surface area contributed by atoms with Crippen molar-refractivity contribution in [1.82, 2.24) is 4.98 Å². The van der Waals surface area contributed by atoms with Gasteiger partial charge in [0.1, 0.15) is 0 Å². The van der Waals surface area contributed by atoms with Gasteiger partial charge in [-0.3, -0.25) is 4.79 Å². The Kier molecular flexibility index (Phi) is 3.66. The zero-order chi connectivity index (χ0) is 13.8. The summed E-state index contributed by atoms with van der Waals surface area (Å²) in [6.45, 7) is 0. The lowest BCUT2D eigenvalue weighted by molar-refractivity contribution is 0.102. The van der Waals surface area contributed by atoms with E-state index in [9.17, 15) is 9.90 Å². The number of hydrogen-bond donors (Lipinski definition) is 2. The lowest BCUT2D eigenvalue weighted by atomic mass is 10.2. The van der Waals surface area contributed by atoms with Crippen LogP contribution in [0.1, 0.15) is 10.4 Å². The molecule has 2 N–H and O–H groups in total. The van der Waals surface area contributed by atoms with Crippen LogP contribution in [0, 0.1) is 0 Å².